The van der Waals surface area contributed by atoms with Crippen LogP contribution < -0.4 is 26.7 Å². The van der Waals surface area contributed by atoms with E-state index in [1.165, 1.54) is 4.57 Å². The van der Waals surface area contributed by atoms with Gasteiger partial charge in [0.2, 0.25) is 11.8 Å². The van der Waals surface area contributed by atoms with E-state index in [1.807, 2.05) is 13.0 Å². The second-order valence-electron chi connectivity index (χ2n) is 8.35. The summed E-state index contributed by atoms with van der Waals surface area (Å²) in [7, 11) is 0. The molecule has 178 valence electrons. The van der Waals surface area contributed by atoms with E-state index in [4.69, 9.17) is 10.5 Å². The zero-order valence-electron chi connectivity index (χ0n) is 19.4. The predicted molar refractivity (Wildman–Crippen MR) is 129 cm³/mol. The molecule has 0 spiro atoms. The van der Waals surface area contributed by atoms with Gasteiger partial charge in [0, 0.05) is 48.9 Å². The molecule has 1 amide bonds. The summed E-state index contributed by atoms with van der Waals surface area (Å²) in [6, 6.07) is 5.79. The third-order valence-corrected chi connectivity index (χ3v) is 5.77. The highest BCUT2D eigenvalue weighted by atomic mass is 16.5. The number of nitrogens with two attached hydrogens (primary N) is 1. The molecule has 0 aromatic carbocycles. The van der Waals surface area contributed by atoms with Crippen LogP contribution in [0.5, 0.6) is 5.88 Å². The van der Waals surface area contributed by atoms with Gasteiger partial charge in [0.15, 0.2) is 5.82 Å². The predicted octanol–water partition coefficient (Wildman–Crippen LogP) is 1.53. The van der Waals surface area contributed by atoms with Gasteiger partial charge in [0.05, 0.1) is 6.61 Å². The first-order valence-corrected chi connectivity index (χ1v) is 11.3. The number of aryl methyl sites for hydroxylation is 3. The Balaban J connectivity index is 1.35. The number of hydrogen-bond acceptors (Lipinski definition) is 8. The van der Waals surface area contributed by atoms with Crippen molar-refractivity contribution >= 4 is 17.5 Å². The highest BCUT2D eigenvalue weighted by molar-refractivity contribution is 5.75. The molecule has 1 aliphatic rings. The molecule has 0 saturated heterocycles. The molecule has 0 fully saturated rings. The van der Waals surface area contributed by atoms with Crippen LogP contribution in [0.4, 0.5) is 11.6 Å². The second kappa shape index (κ2) is 10.3. The maximum absolute atomic E-state index is 12.9. The maximum atomic E-state index is 12.9. The molecule has 4 rings (SSSR count). The minimum Gasteiger partial charge on any atom is -0.477 e. The number of carbonyl (C=O) groups excluding carboxylic acids is 1. The van der Waals surface area contributed by atoms with Crippen molar-refractivity contribution in [2.24, 2.45) is 0 Å². The smallest absolute Gasteiger partial charge is 0.293 e. The van der Waals surface area contributed by atoms with Crippen LogP contribution in [-0.4, -0.2) is 38.6 Å². The van der Waals surface area contributed by atoms with E-state index in [9.17, 15) is 9.59 Å². The summed E-state index contributed by atoms with van der Waals surface area (Å²) in [5.74, 6) is 1.06. The summed E-state index contributed by atoms with van der Waals surface area (Å²) in [5, 5.41) is 5.91. The Kier molecular flexibility index (Phi) is 7.05. The summed E-state index contributed by atoms with van der Waals surface area (Å²) in [4.78, 5) is 38.3. The van der Waals surface area contributed by atoms with Gasteiger partial charge in [0.25, 0.3) is 5.56 Å². The number of aromatic nitrogens is 4. The molecule has 1 aliphatic heterocycles. The Labute approximate surface area is 197 Å². The Hall–Kier alpha value is -3.95. The molecule has 4 N–H and O–H groups in total. The minimum absolute atomic E-state index is 0.104. The number of nitrogens with one attached hydrogen (secondary N) is 2. The second-order valence-corrected chi connectivity index (χ2v) is 8.35. The number of ether oxygens (including phenoxy) is 1. The maximum Gasteiger partial charge on any atom is 0.293 e. The van der Waals surface area contributed by atoms with Gasteiger partial charge in [-0.05, 0) is 49.9 Å². The van der Waals surface area contributed by atoms with E-state index < -0.39 is 0 Å². The summed E-state index contributed by atoms with van der Waals surface area (Å²) >= 11 is 0. The van der Waals surface area contributed by atoms with Gasteiger partial charge in [-0.25, -0.2) is 15.0 Å². The first-order chi connectivity index (χ1) is 16.4. The number of nitrogens with zero attached hydrogens (tertiary/aromatic N) is 4. The quantitative estimate of drug-likeness (QED) is 0.457. The van der Waals surface area contributed by atoms with E-state index in [0.717, 1.165) is 35.2 Å². The van der Waals surface area contributed by atoms with Crippen LogP contribution in [0.1, 0.15) is 34.5 Å². The lowest BCUT2D eigenvalue weighted by Gasteiger charge is -2.16. The number of carbonyl (C=O) groups is 1. The van der Waals surface area contributed by atoms with Crippen LogP contribution >= 0.6 is 0 Å². The van der Waals surface area contributed by atoms with Gasteiger partial charge >= 0.3 is 0 Å². The normalized spacial score (nSPS) is 12.5. The Morgan fingerprint density at radius 3 is 2.91 bits per heavy atom. The first-order valence-electron chi connectivity index (χ1n) is 11.3. The van der Waals surface area contributed by atoms with E-state index in [0.29, 0.717) is 43.5 Å². The van der Waals surface area contributed by atoms with Crippen LogP contribution in [0.15, 0.2) is 35.4 Å². The van der Waals surface area contributed by atoms with Crippen molar-refractivity contribution in [1.82, 2.24) is 24.8 Å². The lowest BCUT2D eigenvalue weighted by Crippen LogP contribution is -2.34. The van der Waals surface area contributed by atoms with Gasteiger partial charge in [-0.3, -0.25) is 14.2 Å². The first kappa shape index (κ1) is 23.2. The van der Waals surface area contributed by atoms with Crippen LogP contribution in [0.3, 0.4) is 0 Å². The van der Waals surface area contributed by atoms with E-state index >= 15 is 0 Å². The average molecular weight is 464 g/mol. The molecule has 0 aliphatic carbocycles. The highest BCUT2D eigenvalue weighted by Gasteiger charge is 2.14. The fraction of sp³-hybridized carbons (Fsp3) is 0.375. The monoisotopic (exact) mass is 463 g/mol. The van der Waals surface area contributed by atoms with Crippen molar-refractivity contribution in [3.05, 3.63) is 69.0 Å². The SMILES string of the molecule is Cc1cc(N)ncc1CNC(=O)Cn1c(C)cnc(NCCc2ccc3c(n2)OCCC3)c1=O. The lowest BCUT2D eigenvalue weighted by molar-refractivity contribution is -0.121. The molecule has 0 saturated carbocycles. The molecule has 10 nitrogen and oxygen atoms in total. The molecular weight excluding hydrogens is 434 g/mol. The van der Waals surface area contributed by atoms with Crippen LogP contribution in [0.25, 0.3) is 0 Å². The van der Waals surface area contributed by atoms with Crippen LogP contribution in [-0.2, 0) is 30.7 Å². The number of amides is 1. The van der Waals surface area contributed by atoms with Gasteiger partial charge in [-0.2, -0.15) is 0 Å². The number of fused-ring (bicyclic) bond motifs is 1. The zero-order valence-corrected chi connectivity index (χ0v) is 19.4. The van der Waals surface area contributed by atoms with Crippen LogP contribution in [0, 0.1) is 13.8 Å². The van der Waals surface area contributed by atoms with E-state index in [-0.39, 0.29) is 23.8 Å². The van der Waals surface area contributed by atoms with Gasteiger partial charge in [-0.15, -0.1) is 0 Å². The van der Waals surface area contributed by atoms with Crippen molar-refractivity contribution < 1.29 is 9.53 Å². The number of anilines is 2. The third kappa shape index (κ3) is 5.51. The van der Waals surface area contributed by atoms with E-state index in [2.05, 4.69) is 31.7 Å². The number of nitrogen functional groups attached to an aromatic ring is 1. The summed E-state index contributed by atoms with van der Waals surface area (Å²) in [6.45, 7) is 5.02. The van der Waals surface area contributed by atoms with E-state index in [1.54, 1.807) is 25.4 Å². The molecule has 3 aromatic heterocycles. The molecule has 0 atom stereocenters. The Bertz CT molecular complexity index is 1260. The number of pyridine rings is 2. The fourth-order valence-electron chi connectivity index (χ4n) is 3.78. The number of rotatable bonds is 8. The van der Waals surface area contributed by atoms with Crippen molar-refractivity contribution in [3.63, 3.8) is 0 Å². The largest absolute Gasteiger partial charge is 0.477 e. The zero-order chi connectivity index (χ0) is 24.1. The van der Waals surface area contributed by atoms with Crippen molar-refractivity contribution in [2.45, 2.75) is 46.2 Å². The molecule has 0 bridgehead atoms. The fourth-order valence-corrected chi connectivity index (χ4v) is 3.78. The highest BCUT2D eigenvalue weighted by Crippen LogP contribution is 2.22. The molecule has 10 heteroatoms. The Morgan fingerprint density at radius 2 is 2.09 bits per heavy atom. The number of hydrogen-bond donors (Lipinski definition) is 3. The minimum atomic E-state index is -0.345. The summed E-state index contributed by atoms with van der Waals surface area (Å²) in [6.07, 6.45) is 5.83. The molecule has 4 heterocycles. The van der Waals surface area contributed by atoms with Gasteiger partial charge in [0.1, 0.15) is 12.4 Å². The summed E-state index contributed by atoms with van der Waals surface area (Å²) < 4.78 is 7.04. The molecule has 3 aromatic rings. The average Bonchev–Trinajstić information content (AvgIpc) is 2.82. The molecule has 34 heavy (non-hydrogen) atoms. The van der Waals surface area contributed by atoms with Crippen molar-refractivity contribution in [1.29, 1.82) is 0 Å². The molecular formula is C24H29N7O3. The van der Waals surface area contributed by atoms with Crippen molar-refractivity contribution in [3.8, 4) is 5.88 Å². The third-order valence-electron chi connectivity index (χ3n) is 5.77. The van der Waals surface area contributed by atoms with Gasteiger partial charge < -0.3 is 21.1 Å². The standard InChI is InChI=1S/C24H29N7O3/c1-15-10-20(25)27-12-18(15)13-28-21(32)14-31-16(2)11-29-22(24(31)33)26-8-7-19-6-5-17-4-3-9-34-23(17)30-19/h5-6,10-12H,3-4,7-9,13-14H2,1-2H3,(H2,25,27)(H,26,29)(H,28,32). The summed E-state index contributed by atoms with van der Waals surface area (Å²) in [5.41, 5.74) is 9.75. The Morgan fingerprint density at radius 1 is 1.24 bits per heavy atom. The molecule has 0 radical (unpaired) electrons. The molecule has 0 unspecified atom stereocenters. The lowest BCUT2D eigenvalue weighted by atomic mass is 10.1. The van der Waals surface area contributed by atoms with Crippen LogP contribution in [0.2, 0.25) is 0 Å². The van der Waals surface area contributed by atoms with Gasteiger partial charge in [-0.1, -0.05) is 6.07 Å². The van der Waals surface area contributed by atoms with Crippen molar-refractivity contribution in [2.75, 3.05) is 24.2 Å². The topological polar surface area (TPSA) is 137 Å².